The van der Waals surface area contributed by atoms with Crippen molar-refractivity contribution >= 4 is 17.3 Å². The van der Waals surface area contributed by atoms with E-state index >= 15 is 0 Å². The molecule has 0 fully saturated rings. The Morgan fingerprint density at radius 2 is 2.14 bits per heavy atom. The van der Waals surface area contributed by atoms with Crippen LogP contribution in [0.4, 0.5) is 0 Å². The van der Waals surface area contributed by atoms with Crippen LogP contribution < -0.4 is 10.6 Å². The molecule has 0 bridgehead atoms. The molecule has 0 aliphatic rings. The fourth-order valence-electron chi connectivity index (χ4n) is 1.96. The number of rotatable bonds is 9. The Labute approximate surface area is 139 Å². The third kappa shape index (κ3) is 7.27. The zero-order valence-electron chi connectivity index (χ0n) is 14.6. The van der Waals surface area contributed by atoms with Gasteiger partial charge < -0.3 is 15.4 Å². The summed E-state index contributed by atoms with van der Waals surface area (Å²) in [4.78, 5) is 6.11. The van der Waals surface area contributed by atoms with Crippen molar-refractivity contribution in [3.63, 3.8) is 0 Å². The molecule has 0 saturated carbocycles. The van der Waals surface area contributed by atoms with E-state index in [9.17, 15) is 0 Å². The lowest BCUT2D eigenvalue weighted by Crippen LogP contribution is -2.39. The zero-order valence-corrected chi connectivity index (χ0v) is 15.4. The molecule has 0 aliphatic heterocycles. The molecular weight excluding hydrogens is 294 g/mol. The molecule has 22 heavy (non-hydrogen) atoms. The maximum atomic E-state index is 5.55. The molecule has 2 N–H and O–H groups in total. The van der Waals surface area contributed by atoms with Gasteiger partial charge in [0.25, 0.3) is 0 Å². The van der Waals surface area contributed by atoms with E-state index in [1.54, 1.807) is 11.3 Å². The first kappa shape index (κ1) is 19.0. The summed E-state index contributed by atoms with van der Waals surface area (Å²) in [6.45, 7) is 14.0. The molecule has 1 aromatic heterocycles. The van der Waals surface area contributed by atoms with Crippen LogP contribution in [0.1, 0.15) is 45.9 Å². The Hall–Kier alpha value is -1.07. The quantitative estimate of drug-likeness (QED) is 0.415. The van der Waals surface area contributed by atoms with Gasteiger partial charge in [-0.3, -0.25) is 4.99 Å². The van der Waals surface area contributed by atoms with Gasteiger partial charge in [0.15, 0.2) is 5.96 Å². The van der Waals surface area contributed by atoms with Gasteiger partial charge in [0.2, 0.25) is 0 Å². The van der Waals surface area contributed by atoms with Gasteiger partial charge in [0.05, 0.1) is 12.6 Å². The van der Waals surface area contributed by atoms with Crippen molar-refractivity contribution in [2.24, 2.45) is 4.99 Å². The number of nitrogens with zero attached hydrogens (tertiary/aromatic N) is 1. The summed E-state index contributed by atoms with van der Waals surface area (Å²) in [5.41, 5.74) is 0.0667. The minimum atomic E-state index is 0.0667. The third-order valence-electron chi connectivity index (χ3n) is 3.23. The van der Waals surface area contributed by atoms with Crippen molar-refractivity contribution in [1.29, 1.82) is 0 Å². The highest BCUT2D eigenvalue weighted by molar-refractivity contribution is 7.10. The van der Waals surface area contributed by atoms with Crippen LogP contribution >= 0.6 is 11.3 Å². The van der Waals surface area contributed by atoms with Gasteiger partial charge in [-0.1, -0.05) is 19.9 Å². The van der Waals surface area contributed by atoms with Crippen molar-refractivity contribution in [2.45, 2.75) is 52.6 Å². The lowest BCUT2D eigenvalue weighted by Gasteiger charge is -2.22. The van der Waals surface area contributed by atoms with Crippen LogP contribution in [-0.4, -0.2) is 38.3 Å². The lowest BCUT2D eigenvalue weighted by molar-refractivity contribution is 0.0776. The molecule has 4 nitrogen and oxygen atoms in total. The van der Waals surface area contributed by atoms with E-state index in [0.29, 0.717) is 6.10 Å². The minimum Gasteiger partial charge on any atom is -0.379 e. The van der Waals surface area contributed by atoms with Gasteiger partial charge in [-0.05, 0) is 38.6 Å². The summed E-state index contributed by atoms with van der Waals surface area (Å²) < 4.78 is 5.55. The summed E-state index contributed by atoms with van der Waals surface area (Å²) in [5.74, 6) is 0.886. The number of hydrogen-bond acceptors (Lipinski definition) is 3. The molecule has 1 heterocycles. The number of aliphatic imine (C=N–C) groups is 1. The number of hydrogen-bond donors (Lipinski definition) is 2. The first-order chi connectivity index (χ1) is 10.5. The average Bonchev–Trinajstić information content (AvgIpc) is 2.99. The van der Waals surface area contributed by atoms with Crippen LogP contribution in [0, 0.1) is 0 Å². The Bertz CT molecular complexity index is 427. The molecule has 1 rings (SSSR count). The Morgan fingerprint density at radius 1 is 1.36 bits per heavy atom. The molecule has 0 atom stereocenters. The van der Waals surface area contributed by atoms with E-state index in [1.165, 1.54) is 4.88 Å². The summed E-state index contributed by atoms with van der Waals surface area (Å²) in [7, 11) is 0. The van der Waals surface area contributed by atoms with Crippen LogP contribution in [0.3, 0.4) is 0 Å². The highest BCUT2D eigenvalue weighted by Gasteiger charge is 2.21. The summed E-state index contributed by atoms with van der Waals surface area (Å²) in [6, 6.07) is 4.29. The van der Waals surface area contributed by atoms with E-state index in [-0.39, 0.29) is 5.41 Å². The SMILES string of the molecule is CCNC(=NCC(C)(C)c1cccs1)NCCCOC(C)C. The molecule has 0 aliphatic carbocycles. The number of guanidine groups is 1. The molecule has 0 aromatic carbocycles. The second-order valence-corrected chi connectivity index (χ2v) is 7.20. The molecule has 0 unspecified atom stereocenters. The zero-order chi connectivity index (χ0) is 16.4. The lowest BCUT2D eigenvalue weighted by atomic mass is 9.92. The first-order valence-corrected chi connectivity index (χ1v) is 9.01. The molecule has 0 spiro atoms. The van der Waals surface area contributed by atoms with Gasteiger partial charge in [0, 0.05) is 30.0 Å². The van der Waals surface area contributed by atoms with E-state index < -0.39 is 0 Å². The van der Waals surface area contributed by atoms with Crippen molar-refractivity contribution in [3.8, 4) is 0 Å². The summed E-state index contributed by atoms with van der Waals surface area (Å²) in [5, 5.41) is 8.80. The van der Waals surface area contributed by atoms with E-state index in [2.05, 4.69) is 62.8 Å². The molecule has 126 valence electrons. The van der Waals surface area contributed by atoms with Gasteiger partial charge in [0.1, 0.15) is 0 Å². The van der Waals surface area contributed by atoms with Crippen LogP contribution in [0.15, 0.2) is 22.5 Å². The summed E-state index contributed by atoms with van der Waals surface area (Å²) in [6.07, 6.45) is 1.28. The number of ether oxygens (including phenoxy) is 1. The second-order valence-electron chi connectivity index (χ2n) is 6.26. The third-order valence-corrected chi connectivity index (χ3v) is 4.47. The largest absolute Gasteiger partial charge is 0.379 e. The van der Waals surface area contributed by atoms with Crippen molar-refractivity contribution in [1.82, 2.24) is 10.6 Å². The predicted octanol–water partition coefficient (Wildman–Crippen LogP) is 3.40. The molecular formula is C17H31N3OS. The molecule has 5 heteroatoms. The minimum absolute atomic E-state index is 0.0667. The molecule has 0 amide bonds. The van der Waals surface area contributed by atoms with E-state index in [0.717, 1.165) is 38.6 Å². The number of nitrogens with one attached hydrogen (secondary N) is 2. The van der Waals surface area contributed by atoms with E-state index in [4.69, 9.17) is 9.73 Å². The van der Waals surface area contributed by atoms with Crippen LogP contribution in [-0.2, 0) is 10.2 Å². The van der Waals surface area contributed by atoms with E-state index in [1.807, 2.05) is 0 Å². The van der Waals surface area contributed by atoms with Crippen LogP contribution in [0.2, 0.25) is 0 Å². The fourth-order valence-corrected chi connectivity index (χ4v) is 2.80. The Morgan fingerprint density at radius 3 is 2.73 bits per heavy atom. The molecule has 1 aromatic rings. The van der Waals surface area contributed by atoms with Crippen molar-refractivity contribution in [2.75, 3.05) is 26.2 Å². The fraction of sp³-hybridized carbons (Fsp3) is 0.706. The summed E-state index contributed by atoms with van der Waals surface area (Å²) >= 11 is 1.80. The smallest absolute Gasteiger partial charge is 0.191 e. The monoisotopic (exact) mass is 325 g/mol. The average molecular weight is 326 g/mol. The maximum Gasteiger partial charge on any atom is 0.191 e. The van der Waals surface area contributed by atoms with Gasteiger partial charge in [-0.15, -0.1) is 11.3 Å². The second kappa shape index (κ2) is 9.85. The topological polar surface area (TPSA) is 45.7 Å². The standard InChI is InChI=1S/C17H31N3OS/c1-6-18-16(19-10-8-11-21-14(2)3)20-13-17(4,5)15-9-7-12-22-15/h7,9,12,14H,6,8,10-11,13H2,1-5H3,(H2,18,19,20). The predicted molar refractivity (Wildman–Crippen MR) is 97.0 cm³/mol. The number of thiophene rings is 1. The Balaban J connectivity index is 2.44. The highest BCUT2D eigenvalue weighted by Crippen LogP contribution is 2.27. The molecule has 0 radical (unpaired) electrons. The van der Waals surface area contributed by atoms with Crippen LogP contribution in [0.25, 0.3) is 0 Å². The van der Waals surface area contributed by atoms with Gasteiger partial charge in [-0.25, -0.2) is 0 Å². The van der Waals surface area contributed by atoms with Gasteiger partial charge in [-0.2, -0.15) is 0 Å². The molecule has 0 saturated heterocycles. The normalized spacial score (nSPS) is 12.7. The maximum absolute atomic E-state index is 5.55. The Kier molecular flexibility index (Phi) is 8.49. The highest BCUT2D eigenvalue weighted by atomic mass is 32.1. The van der Waals surface area contributed by atoms with Crippen LogP contribution in [0.5, 0.6) is 0 Å². The van der Waals surface area contributed by atoms with Crippen molar-refractivity contribution < 1.29 is 4.74 Å². The van der Waals surface area contributed by atoms with Gasteiger partial charge >= 0.3 is 0 Å². The first-order valence-electron chi connectivity index (χ1n) is 8.13. The van der Waals surface area contributed by atoms with Crippen molar-refractivity contribution in [3.05, 3.63) is 22.4 Å².